The zero-order valence-electron chi connectivity index (χ0n) is 29.5. The first-order valence-electron chi connectivity index (χ1n) is 18.3. The van der Waals surface area contributed by atoms with Crippen molar-refractivity contribution in [3.8, 4) is 5.75 Å². The number of amides is 1. The van der Waals surface area contributed by atoms with Crippen LogP contribution in [-0.4, -0.2) is 55.5 Å². The summed E-state index contributed by atoms with van der Waals surface area (Å²) in [7, 11) is -4.06. The van der Waals surface area contributed by atoms with E-state index in [4.69, 9.17) is 16.3 Å². The van der Waals surface area contributed by atoms with Crippen LogP contribution in [0, 0.1) is 11.8 Å². The molecule has 1 fully saturated rings. The number of nitrogens with zero attached hydrogens (tertiary/aromatic N) is 2. The number of allylic oxidation sites excluding steroid dienone is 2. The minimum atomic E-state index is -4.06. The van der Waals surface area contributed by atoms with E-state index in [0.717, 1.165) is 55.7 Å². The zero-order chi connectivity index (χ0) is 36.0. The van der Waals surface area contributed by atoms with E-state index in [9.17, 15) is 18.3 Å². The summed E-state index contributed by atoms with van der Waals surface area (Å²) in [5.74, 6) is 0.364. The predicted molar refractivity (Wildman–Crippen MR) is 204 cm³/mol. The number of hydrogen-bond donors (Lipinski definition) is 2. The minimum Gasteiger partial charge on any atom is -0.490 e. The zero-order valence-corrected chi connectivity index (χ0v) is 31.0. The summed E-state index contributed by atoms with van der Waals surface area (Å²) >= 11 is 6.44. The second kappa shape index (κ2) is 16.3. The molecule has 0 bridgehead atoms. The Kier molecular flexibility index (Phi) is 11.9. The quantitative estimate of drug-likeness (QED) is 0.165. The van der Waals surface area contributed by atoms with Crippen molar-refractivity contribution >= 4 is 33.2 Å². The number of carbonyl (C=O) groups excluding carboxylic acids is 1. The lowest BCUT2D eigenvalue weighted by Gasteiger charge is -2.45. The van der Waals surface area contributed by atoms with Gasteiger partial charge in [0.15, 0.2) is 0 Å². The first-order valence-corrected chi connectivity index (χ1v) is 20.3. The summed E-state index contributed by atoms with van der Waals surface area (Å²) in [4.78, 5) is 20.4. The summed E-state index contributed by atoms with van der Waals surface area (Å²) in [5, 5.41) is 11.0. The van der Waals surface area contributed by atoms with Crippen molar-refractivity contribution < 1.29 is 23.1 Å². The molecule has 3 aliphatic rings. The van der Waals surface area contributed by atoms with Gasteiger partial charge in [0, 0.05) is 47.4 Å². The van der Waals surface area contributed by atoms with E-state index in [2.05, 4.69) is 46.3 Å². The number of sulfonamides is 1. The fraction of sp³-hybridized carbons (Fsp3) is 0.463. The molecule has 0 unspecified atom stereocenters. The van der Waals surface area contributed by atoms with Crippen LogP contribution in [0.3, 0.4) is 0 Å². The molecule has 1 amide bonds. The van der Waals surface area contributed by atoms with Gasteiger partial charge in [0.25, 0.3) is 5.91 Å². The number of aliphatic hydroxyl groups excluding tert-OH is 1. The van der Waals surface area contributed by atoms with Crippen molar-refractivity contribution in [3.63, 3.8) is 0 Å². The molecule has 2 N–H and O–H groups in total. The molecule has 2 aliphatic carbocycles. The van der Waals surface area contributed by atoms with E-state index < -0.39 is 27.3 Å². The molecular weight excluding hydrogens is 682 g/mol. The van der Waals surface area contributed by atoms with Gasteiger partial charge in [-0.2, -0.15) is 0 Å². The lowest BCUT2D eigenvalue weighted by molar-refractivity contribution is 0.0456. The molecule has 272 valence electrons. The number of ether oxygens (including phenoxy) is 1. The van der Waals surface area contributed by atoms with Crippen molar-refractivity contribution in [2.45, 2.75) is 87.9 Å². The van der Waals surface area contributed by atoms with E-state index in [0.29, 0.717) is 44.0 Å². The van der Waals surface area contributed by atoms with Crippen LogP contribution >= 0.6 is 11.6 Å². The molecular formula is C41H50ClN3O5S. The number of benzene rings is 2. The van der Waals surface area contributed by atoms with Crippen LogP contribution in [0.15, 0.2) is 85.6 Å². The largest absolute Gasteiger partial charge is 0.490 e. The maximum Gasteiger partial charge on any atom is 0.264 e. The number of nitrogens with one attached hydrogen (secondary N) is 1. The van der Waals surface area contributed by atoms with Crippen LogP contribution in [0.4, 0.5) is 5.69 Å². The summed E-state index contributed by atoms with van der Waals surface area (Å²) in [6.45, 7) is 7.70. The average molecular weight is 732 g/mol. The number of rotatable bonds is 14. The topological polar surface area (TPSA) is 109 Å². The standard InChI is InChI=1S/C41H50ClN3O5S/c1-3-5-7-14-38(46)35-18-15-31(35)26-45-27-41(21-10-11-29-23-32(42)17-19-36(29)41)28-50-39-20-16-30(24-37(39)45)40(47)44-51(48,49)34(13-6-4-2)25-33-12-8-9-22-43-33/h4,7-9,12,14,16-17,19-20,22-24,31,34-35,38,46H,2-3,5-6,10-11,13,15,18,21,25-28H2,1H3,(H,44,47)/b14-7+/t31-,34+,35+,38-,41-/m0/s1. The third kappa shape index (κ3) is 8.53. The van der Waals surface area contributed by atoms with Gasteiger partial charge in [-0.15, -0.1) is 6.58 Å². The second-order valence-electron chi connectivity index (χ2n) is 14.5. The monoisotopic (exact) mass is 731 g/mol. The third-order valence-electron chi connectivity index (χ3n) is 11.0. The van der Waals surface area contributed by atoms with Gasteiger partial charge in [-0.25, -0.2) is 13.1 Å². The molecule has 0 radical (unpaired) electrons. The number of aromatic nitrogens is 1. The van der Waals surface area contributed by atoms with Gasteiger partial charge in [-0.05, 0) is 117 Å². The highest BCUT2D eigenvalue weighted by Gasteiger charge is 2.44. The highest BCUT2D eigenvalue weighted by Crippen LogP contribution is 2.46. The van der Waals surface area contributed by atoms with Crippen molar-refractivity contribution in [2.24, 2.45) is 11.8 Å². The van der Waals surface area contributed by atoms with Gasteiger partial charge in [-0.1, -0.05) is 55.3 Å². The highest BCUT2D eigenvalue weighted by atomic mass is 35.5. The molecule has 1 aliphatic heterocycles. The summed E-state index contributed by atoms with van der Waals surface area (Å²) in [5.41, 5.74) is 3.82. The lowest BCUT2D eigenvalue weighted by atomic mass is 9.68. The van der Waals surface area contributed by atoms with Crippen LogP contribution in [0.1, 0.15) is 85.5 Å². The lowest BCUT2D eigenvalue weighted by Crippen LogP contribution is -2.49. The summed E-state index contributed by atoms with van der Waals surface area (Å²) < 4.78 is 36.4. The van der Waals surface area contributed by atoms with Crippen molar-refractivity contribution in [3.05, 3.63) is 113 Å². The number of fused-ring (bicyclic) bond motifs is 3. The second-order valence-corrected chi connectivity index (χ2v) is 16.9. The minimum absolute atomic E-state index is 0.141. The fourth-order valence-corrected chi connectivity index (χ4v) is 9.62. The van der Waals surface area contributed by atoms with E-state index in [1.165, 1.54) is 11.1 Å². The van der Waals surface area contributed by atoms with Gasteiger partial charge in [0.2, 0.25) is 10.0 Å². The number of hydrogen-bond acceptors (Lipinski definition) is 7. The van der Waals surface area contributed by atoms with Crippen LogP contribution in [-0.2, 0) is 28.3 Å². The molecule has 2 aromatic carbocycles. The van der Waals surface area contributed by atoms with Crippen molar-refractivity contribution in [1.82, 2.24) is 9.71 Å². The smallest absolute Gasteiger partial charge is 0.264 e. The molecule has 6 rings (SSSR count). The number of halogens is 1. The Balaban J connectivity index is 1.30. The van der Waals surface area contributed by atoms with E-state index in [1.54, 1.807) is 42.6 Å². The molecule has 0 saturated heterocycles. The van der Waals surface area contributed by atoms with Gasteiger partial charge in [-0.3, -0.25) is 9.78 Å². The Morgan fingerprint density at radius 2 is 2.06 bits per heavy atom. The molecule has 10 heteroatoms. The SMILES string of the molecule is C=CCC[C@H](Cc1ccccn1)S(=O)(=O)NC(=O)c1ccc2c(c1)N(C[C@@H]1CC[C@H]1[C@@H](O)/C=C/CCC)C[C@@]1(CCCc3cc(Cl)ccc31)CO2. The van der Waals surface area contributed by atoms with Crippen LogP contribution in [0.25, 0.3) is 0 Å². The first-order chi connectivity index (χ1) is 24.6. The van der Waals surface area contributed by atoms with Crippen LogP contribution in [0.2, 0.25) is 5.02 Å². The van der Waals surface area contributed by atoms with E-state index in [-0.39, 0.29) is 29.2 Å². The average Bonchev–Trinajstić information content (AvgIpc) is 3.25. The van der Waals surface area contributed by atoms with Gasteiger partial charge in [0.05, 0.1) is 23.6 Å². The van der Waals surface area contributed by atoms with Gasteiger partial charge >= 0.3 is 0 Å². The Hall–Kier alpha value is -3.66. The first kappa shape index (κ1) is 37.1. The Bertz CT molecular complexity index is 1830. The Morgan fingerprint density at radius 1 is 1.20 bits per heavy atom. The predicted octanol–water partition coefficient (Wildman–Crippen LogP) is 7.59. The van der Waals surface area contributed by atoms with Crippen LogP contribution in [0.5, 0.6) is 5.75 Å². The fourth-order valence-electron chi connectivity index (χ4n) is 8.05. The third-order valence-corrected chi connectivity index (χ3v) is 13.0. The molecule has 2 heterocycles. The maximum atomic E-state index is 13.8. The number of carbonyl (C=O) groups is 1. The highest BCUT2D eigenvalue weighted by molar-refractivity contribution is 7.90. The number of pyridine rings is 1. The number of anilines is 1. The number of unbranched alkanes of at least 4 members (excludes halogenated alkanes) is 1. The van der Waals surface area contributed by atoms with Crippen molar-refractivity contribution in [2.75, 3.05) is 24.6 Å². The molecule has 1 aromatic heterocycles. The molecule has 1 spiro atoms. The van der Waals surface area contributed by atoms with Gasteiger partial charge < -0.3 is 14.7 Å². The normalized spacial score (nSPS) is 22.6. The number of aryl methyl sites for hydroxylation is 1. The summed E-state index contributed by atoms with van der Waals surface area (Å²) in [6.07, 6.45) is 14.6. The van der Waals surface area contributed by atoms with Gasteiger partial charge in [0.1, 0.15) is 5.75 Å². The molecule has 8 nitrogen and oxygen atoms in total. The molecule has 51 heavy (non-hydrogen) atoms. The van der Waals surface area contributed by atoms with E-state index >= 15 is 0 Å². The molecule has 5 atom stereocenters. The summed E-state index contributed by atoms with van der Waals surface area (Å²) in [6, 6.07) is 16.8. The van der Waals surface area contributed by atoms with E-state index in [1.807, 2.05) is 18.2 Å². The number of aliphatic hydroxyl groups is 1. The Labute approximate surface area is 308 Å². The van der Waals surface area contributed by atoms with Crippen LogP contribution < -0.4 is 14.4 Å². The molecule has 1 saturated carbocycles. The molecule has 3 aromatic rings. The van der Waals surface area contributed by atoms with Crippen molar-refractivity contribution in [1.29, 1.82) is 0 Å². The maximum absolute atomic E-state index is 13.8. The Morgan fingerprint density at radius 3 is 2.80 bits per heavy atom.